The van der Waals surface area contributed by atoms with Crippen molar-refractivity contribution in [3.05, 3.63) is 63.6 Å². The molecule has 0 fully saturated rings. The van der Waals surface area contributed by atoms with Crippen LogP contribution in [-0.2, 0) is 12.8 Å². The lowest BCUT2D eigenvalue weighted by atomic mass is 9.94. The third-order valence-corrected chi connectivity index (χ3v) is 4.91. The van der Waals surface area contributed by atoms with E-state index in [2.05, 4.69) is 28.1 Å². The maximum absolute atomic E-state index is 6.25. The van der Waals surface area contributed by atoms with Gasteiger partial charge in [0.1, 0.15) is 5.75 Å². The van der Waals surface area contributed by atoms with Gasteiger partial charge in [-0.3, -0.25) is 0 Å². The molecule has 1 unspecified atom stereocenters. The molecule has 0 radical (unpaired) electrons. The van der Waals surface area contributed by atoms with Crippen molar-refractivity contribution < 1.29 is 4.74 Å². The maximum atomic E-state index is 6.25. The minimum absolute atomic E-state index is 0.452. The molecule has 1 atom stereocenters. The first-order chi connectivity index (χ1) is 10.1. The van der Waals surface area contributed by atoms with Crippen molar-refractivity contribution in [3.63, 3.8) is 0 Å². The molecule has 0 aromatic heterocycles. The summed E-state index contributed by atoms with van der Waals surface area (Å²) in [5, 5.41) is 2.41. The Bertz CT molecular complexity index is 601. The molecule has 4 heteroatoms. The minimum atomic E-state index is 0.452. The van der Waals surface area contributed by atoms with Gasteiger partial charge in [0, 0.05) is 15.4 Å². The van der Waals surface area contributed by atoms with E-state index in [0.29, 0.717) is 5.92 Å². The van der Waals surface area contributed by atoms with Crippen molar-refractivity contribution in [1.29, 1.82) is 0 Å². The summed E-state index contributed by atoms with van der Waals surface area (Å²) in [6.45, 7) is 0. The molecule has 21 heavy (non-hydrogen) atoms. The van der Waals surface area contributed by atoms with Crippen molar-refractivity contribution in [2.75, 3.05) is 12.4 Å². The monoisotopic (exact) mass is 386 g/mol. The van der Waals surface area contributed by atoms with E-state index in [-0.39, 0.29) is 0 Å². The first kappa shape index (κ1) is 16.7. The van der Waals surface area contributed by atoms with Gasteiger partial charge in [-0.2, -0.15) is 0 Å². The summed E-state index contributed by atoms with van der Waals surface area (Å²) in [6, 6.07) is 13.8. The van der Waals surface area contributed by atoms with Gasteiger partial charge in [-0.1, -0.05) is 51.3 Å². The smallest absolute Gasteiger partial charge is 0.119 e. The van der Waals surface area contributed by atoms with Gasteiger partial charge >= 0.3 is 0 Å². The quantitative estimate of drug-likeness (QED) is 0.569. The van der Waals surface area contributed by atoms with E-state index in [4.69, 9.17) is 27.9 Å². The number of hydrogen-bond donors (Lipinski definition) is 0. The van der Waals surface area contributed by atoms with Crippen LogP contribution in [0.3, 0.4) is 0 Å². The first-order valence-electron chi connectivity index (χ1n) is 6.75. The molecule has 2 rings (SSSR count). The SMILES string of the molecule is COc1cccc(CC(CBr)Cc2cc(Cl)ccc2Cl)c1. The largest absolute Gasteiger partial charge is 0.497 e. The molecule has 0 aliphatic heterocycles. The molecule has 0 aliphatic carbocycles. The fraction of sp³-hybridized carbons (Fsp3) is 0.294. The number of hydrogen-bond acceptors (Lipinski definition) is 1. The van der Waals surface area contributed by atoms with Gasteiger partial charge in [0.15, 0.2) is 0 Å². The highest BCUT2D eigenvalue weighted by Crippen LogP contribution is 2.26. The third kappa shape index (κ3) is 4.91. The average Bonchev–Trinajstić information content (AvgIpc) is 2.50. The van der Waals surface area contributed by atoms with E-state index in [9.17, 15) is 0 Å². The molecule has 0 amide bonds. The summed E-state index contributed by atoms with van der Waals surface area (Å²) in [5.41, 5.74) is 2.36. The van der Waals surface area contributed by atoms with E-state index >= 15 is 0 Å². The van der Waals surface area contributed by atoms with Gasteiger partial charge in [-0.05, 0) is 60.2 Å². The molecular weight excluding hydrogens is 371 g/mol. The summed E-state index contributed by atoms with van der Waals surface area (Å²) in [4.78, 5) is 0. The lowest BCUT2D eigenvalue weighted by molar-refractivity contribution is 0.414. The van der Waals surface area contributed by atoms with E-state index in [1.165, 1.54) is 5.56 Å². The first-order valence-corrected chi connectivity index (χ1v) is 8.63. The second-order valence-electron chi connectivity index (χ2n) is 5.02. The molecule has 1 nitrogen and oxygen atoms in total. The zero-order valence-corrected chi connectivity index (χ0v) is 14.9. The van der Waals surface area contributed by atoms with Crippen LogP contribution in [-0.4, -0.2) is 12.4 Å². The van der Waals surface area contributed by atoms with Gasteiger partial charge in [-0.25, -0.2) is 0 Å². The summed E-state index contributed by atoms with van der Waals surface area (Å²) in [7, 11) is 1.69. The molecular formula is C17H17BrCl2O. The van der Waals surface area contributed by atoms with Crippen LogP contribution in [0.5, 0.6) is 5.75 Å². The molecule has 112 valence electrons. The fourth-order valence-corrected chi connectivity index (χ4v) is 3.17. The Balaban J connectivity index is 2.10. The highest BCUT2D eigenvalue weighted by atomic mass is 79.9. The fourth-order valence-electron chi connectivity index (χ4n) is 2.32. The molecule has 0 saturated heterocycles. The molecule has 0 saturated carbocycles. The Labute approximate surface area is 144 Å². The molecule has 0 spiro atoms. The Kier molecular flexibility index (Phi) is 6.40. The molecule has 0 bridgehead atoms. The Morgan fingerprint density at radius 2 is 1.90 bits per heavy atom. The lowest BCUT2D eigenvalue weighted by Gasteiger charge is -2.16. The van der Waals surface area contributed by atoms with Crippen molar-refractivity contribution in [1.82, 2.24) is 0 Å². The number of rotatable bonds is 6. The Morgan fingerprint density at radius 1 is 1.10 bits per heavy atom. The lowest BCUT2D eigenvalue weighted by Crippen LogP contribution is -2.10. The maximum Gasteiger partial charge on any atom is 0.119 e. The zero-order valence-electron chi connectivity index (χ0n) is 11.8. The van der Waals surface area contributed by atoms with Crippen LogP contribution < -0.4 is 4.74 Å². The van der Waals surface area contributed by atoms with Gasteiger partial charge < -0.3 is 4.74 Å². The van der Waals surface area contributed by atoms with Crippen molar-refractivity contribution >= 4 is 39.1 Å². The van der Waals surface area contributed by atoms with E-state index in [0.717, 1.165) is 39.5 Å². The minimum Gasteiger partial charge on any atom is -0.497 e. The van der Waals surface area contributed by atoms with Crippen LogP contribution in [0.4, 0.5) is 0 Å². The average molecular weight is 388 g/mol. The van der Waals surface area contributed by atoms with Gasteiger partial charge in [-0.15, -0.1) is 0 Å². The van der Waals surface area contributed by atoms with Gasteiger partial charge in [0.2, 0.25) is 0 Å². The molecule has 0 heterocycles. The predicted octanol–water partition coefficient (Wildman–Crippen LogP) is 5.80. The van der Waals surface area contributed by atoms with Gasteiger partial charge in [0.05, 0.1) is 7.11 Å². The second kappa shape index (κ2) is 8.07. The van der Waals surface area contributed by atoms with Crippen LogP contribution >= 0.6 is 39.1 Å². The Morgan fingerprint density at radius 3 is 2.62 bits per heavy atom. The number of ether oxygens (including phenoxy) is 1. The van der Waals surface area contributed by atoms with E-state index in [1.807, 2.05) is 30.3 Å². The van der Waals surface area contributed by atoms with Crippen LogP contribution in [0.15, 0.2) is 42.5 Å². The Hall–Kier alpha value is -0.700. The van der Waals surface area contributed by atoms with E-state index in [1.54, 1.807) is 7.11 Å². The molecule has 0 aliphatic rings. The van der Waals surface area contributed by atoms with Crippen LogP contribution in [0.1, 0.15) is 11.1 Å². The highest BCUT2D eigenvalue weighted by Gasteiger charge is 2.12. The topological polar surface area (TPSA) is 9.23 Å². The zero-order chi connectivity index (χ0) is 15.2. The normalized spacial score (nSPS) is 12.2. The van der Waals surface area contributed by atoms with Gasteiger partial charge in [0.25, 0.3) is 0 Å². The highest BCUT2D eigenvalue weighted by molar-refractivity contribution is 9.09. The summed E-state index contributed by atoms with van der Waals surface area (Å²) < 4.78 is 5.27. The van der Waals surface area contributed by atoms with Crippen molar-refractivity contribution in [3.8, 4) is 5.75 Å². The van der Waals surface area contributed by atoms with Crippen molar-refractivity contribution in [2.45, 2.75) is 12.8 Å². The number of alkyl halides is 1. The van der Waals surface area contributed by atoms with Crippen LogP contribution in [0, 0.1) is 5.92 Å². The van der Waals surface area contributed by atoms with E-state index < -0.39 is 0 Å². The second-order valence-corrected chi connectivity index (χ2v) is 6.51. The molecule has 2 aromatic carbocycles. The summed E-state index contributed by atoms with van der Waals surface area (Å²) in [6.07, 6.45) is 1.85. The summed E-state index contributed by atoms with van der Waals surface area (Å²) in [5.74, 6) is 1.34. The molecule has 0 N–H and O–H groups in total. The van der Waals surface area contributed by atoms with Crippen molar-refractivity contribution in [2.24, 2.45) is 5.92 Å². The van der Waals surface area contributed by atoms with Crippen LogP contribution in [0.2, 0.25) is 10.0 Å². The molecule has 2 aromatic rings. The third-order valence-electron chi connectivity index (χ3n) is 3.39. The predicted molar refractivity (Wildman–Crippen MR) is 94.1 cm³/mol. The van der Waals surface area contributed by atoms with Crippen LogP contribution in [0.25, 0.3) is 0 Å². The number of methoxy groups -OCH3 is 1. The summed E-state index contributed by atoms with van der Waals surface area (Å²) >= 11 is 15.9. The standard InChI is InChI=1S/C17H17BrCl2O/c1-21-16-4-2-3-12(9-16)7-13(11-18)8-14-10-15(19)5-6-17(14)20/h2-6,9-10,13H,7-8,11H2,1H3. The number of benzene rings is 2. The number of halogens is 3.